The Morgan fingerprint density at radius 3 is 2.42 bits per heavy atom. The second-order valence-electron chi connectivity index (χ2n) is 6.60. The molecule has 0 N–H and O–H groups in total. The zero-order chi connectivity index (χ0) is 17.2. The summed E-state index contributed by atoms with van der Waals surface area (Å²) in [6, 6.07) is 13.9. The topological polar surface area (TPSA) is 23.6 Å². The third kappa shape index (κ3) is 4.04. The second kappa shape index (κ2) is 8.66. The Morgan fingerprint density at radius 1 is 0.962 bits per heavy atom. The zero-order valence-electron chi connectivity index (χ0n) is 14.5. The molecule has 0 unspecified atom stereocenters. The van der Waals surface area contributed by atoms with Gasteiger partial charge in [0.15, 0.2) is 0 Å². The quantitative estimate of drug-likeness (QED) is 0.630. The van der Waals surface area contributed by atoms with Gasteiger partial charge in [0.25, 0.3) is 0 Å². The van der Waals surface area contributed by atoms with Crippen LogP contribution in [0, 0.1) is 0 Å². The van der Waals surface area contributed by atoms with Gasteiger partial charge in [0.2, 0.25) is 5.91 Å². The highest BCUT2D eigenvalue weighted by molar-refractivity contribution is 7.99. The number of hydrogen-bond acceptors (Lipinski definition) is 3. The molecule has 2 aliphatic heterocycles. The average Bonchev–Trinajstić information content (AvgIpc) is 2.88. The van der Waals surface area contributed by atoms with Crippen LogP contribution in [0.2, 0.25) is 5.02 Å². The van der Waals surface area contributed by atoms with Crippen molar-refractivity contribution in [3.05, 3.63) is 47.5 Å². The van der Waals surface area contributed by atoms with Crippen molar-refractivity contribution in [1.29, 1.82) is 0 Å². The van der Waals surface area contributed by atoms with Crippen molar-refractivity contribution in [3.63, 3.8) is 0 Å². The van der Waals surface area contributed by atoms with Crippen LogP contribution in [-0.4, -0.2) is 30.4 Å². The summed E-state index contributed by atoms with van der Waals surface area (Å²) >= 11 is 7.93. The highest BCUT2D eigenvalue weighted by Crippen LogP contribution is 2.48. The third-order valence-electron chi connectivity index (χ3n) is 4.79. The molecular formula is C20H22Cl2N2OS. The van der Waals surface area contributed by atoms with E-state index in [2.05, 4.69) is 11.0 Å². The molecule has 138 valence electrons. The van der Waals surface area contributed by atoms with Crippen molar-refractivity contribution in [2.45, 2.75) is 35.5 Å². The van der Waals surface area contributed by atoms with Crippen LogP contribution in [0.15, 0.2) is 52.3 Å². The summed E-state index contributed by atoms with van der Waals surface area (Å²) in [4.78, 5) is 19.6. The number of carbonyl (C=O) groups excluding carboxylic acids is 1. The molecule has 0 bridgehead atoms. The molecule has 6 heteroatoms. The highest BCUT2D eigenvalue weighted by atomic mass is 35.5. The normalized spacial score (nSPS) is 16.9. The molecule has 1 fully saturated rings. The predicted molar refractivity (Wildman–Crippen MR) is 111 cm³/mol. The van der Waals surface area contributed by atoms with Crippen molar-refractivity contribution < 1.29 is 4.79 Å². The molecule has 0 spiro atoms. The Kier molecular flexibility index (Phi) is 6.51. The minimum Gasteiger partial charge on any atom is -0.294 e. The summed E-state index contributed by atoms with van der Waals surface area (Å²) in [5.74, 6) is 0.123. The maximum Gasteiger partial charge on any atom is 0.245 e. The van der Waals surface area contributed by atoms with Crippen molar-refractivity contribution >= 4 is 53.1 Å². The summed E-state index contributed by atoms with van der Waals surface area (Å²) in [7, 11) is 0. The highest BCUT2D eigenvalue weighted by Gasteiger charge is 2.29. The SMILES string of the molecule is Cl.O=C(CN1CCCCCC1)N1c2ccccc2Sc2ccc(Cl)cc21. The number of fused-ring (bicyclic) bond motifs is 2. The molecule has 1 amide bonds. The van der Waals surface area contributed by atoms with Gasteiger partial charge in [0.1, 0.15) is 0 Å². The largest absolute Gasteiger partial charge is 0.294 e. The lowest BCUT2D eigenvalue weighted by molar-refractivity contribution is -0.119. The van der Waals surface area contributed by atoms with E-state index in [1.807, 2.05) is 41.3 Å². The first-order chi connectivity index (χ1) is 12.2. The number of rotatable bonds is 2. The van der Waals surface area contributed by atoms with E-state index in [1.165, 1.54) is 25.7 Å². The minimum absolute atomic E-state index is 0. The molecule has 0 radical (unpaired) electrons. The first kappa shape index (κ1) is 19.6. The number of benzene rings is 2. The van der Waals surface area contributed by atoms with Crippen LogP contribution in [0.1, 0.15) is 25.7 Å². The lowest BCUT2D eigenvalue weighted by Crippen LogP contribution is -2.39. The molecule has 3 nitrogen and oxygen atoms in total. The van der Waals surface area contributed by atoms with Gasteiger partial charge in [-0.1, -0.05) is 48.3 Å². The number of hydrogen-bond donors (Lipinski definition) is 0. The number of nitrogens with zero attached hydrogens (tertiary/aromatic N) is 2. The Balaban J connectivity index is 0.00000196. The van der Waals surface area contributed by atoms with E-state index in [0.29, 0.717) is 11.6 Å². The molecule has 2 aromatic carbocycles. The van der Waals surface area contributed by atoms with Crippen LogP contribution in [0.4, 0.5) is 11.4 Å². The number of halogens is 2. The first-order valence-electron chi connectivity index (χ1n) is 8.84. The van der Waals surface area contributed by atoms with E-state index in [0.717, 1.165) is 34.3 Å². The number of anilines is 2. The van der Waals surface area contributed by atoms with Crippen molar-refractivity contribution in [3.8, 4) is 0 Å². The number of likely N-dealkylation sites (tertiary alicyclic amines) is 1. The van der Waals surface area contributed by atoms with E-state index >= 15 is 0 Å². The summed E-state index contributed by atoms with van der Waals surface area (Å²) in [5.41, 5.74) is 1.86. The summed E-state index contributed by atoms with van der Waals surface area (Å²) in [5, 5.41) is 0.659. The van der Waals surface area contributed by atoms with Crippen molar-refractivity contribution in [1.82, 2.24) is 4.90 Å². The Labute approximate surface area is 170 Å². The molecule has 2 aromatic rings. The van der Waals surface area contributed by atoms with E-state index in [1.54, 1.807) is 11.8 Å². The Morgan fingerprint density at radius 2 is 1.65 bits per heavy atom. The maximum atomic E-state index is 13.2. The van der Waals surface area contributed by atoms with E-state index in [9.17, 15) is 4.79 Å². The van der Waals surface area contributed by atoms with Crippen LogP contribution < -0.4 is 4.90 Å². The molecular weight excluding hydrogens is 387 g/mol. The van der Waals surface area contributed by atoms with Crippen LogP contribution in [0.3, 0.4) is 0 Å². The van der Waals surface area contributed by atoms with Crippen LogP contribution in [-0.2, 0) is 4.79 Å². The number of para-hydroxylation sites is 1. The number of carbonyl (C=O) groups is 1. The molecule has 2 aliphatic rings. The van der Waals surface area contributed by atoms with Crippen molar-refractivity contribution in [2.75, 3.05) is 24.5 Å². The van der Waals surface area contributed by atoms with Gasteiger partial charge in [0, 0.05) is 14.8 Å². The van der Waals surface area contributed by atoms with Gasteiger partial charge in [-0.05, 0) is 56.3 Å². The monoisotopic (exact) mass is 408 g/mol. The average molecular weight is 409 g/mol. The Bertz CT molecular complexity index is 791. The van der Waals surface area contributed by atoms with Crippen LogP contribution >= 0.6 is 35.8 Å². The number of amides is 1. The molecule has 0 aliphatic carbocycles. The standard InChI is InChI=1S/C20H21ClN2OS.ClH/c21-15-9-10-19-17(13-15)23(16-7-3-4-8-18(16)25-19)20(24)14-22-11-5-1-2-6-12-22;/h3-4,7-10,13H,1-2,5-6,11-12,14H2;1H. The minimum atomic E-state index is 0. The predicted octanol–water partition coefficient (Wildman–Crippen LogP) is 5.77. The molecule has 26 heavy (non-hydrogen) atoms. The van der Waals surface area contributed by atoms with Gasteiger partial charge in [0.05, 0.1) is 17.9 Å². The van der Waals surface area contributed by atoms with E-state index in [-0.39, 0.29) is 18.3 Å². The van der Waals surface area contributed by atoms with Gasteiger partial charge >= 0.3 is 0 Å². The molecule has 2 heterocycles. The van der Waals surface area contributed by atoms with Crippen molar-refractivity contribution in [2.24, 2.45) is 0 Å². The van der Waals surface area contributed by atoms with E-state index < -0.39 is 0 Å². The fraction of sp³-hybridized carbons (Fsp3) is 0.350. The molecule has 4 rings (SSSR count). The molecule has 0 saturated carbocycles. The third-order valence-corrected chi connectivity index (χ3v) is 6.16. The fourth-order valence-electron chi connectivity index (χ4n) is 3.55. The second-order valence-corrected chi connectivity index (χ2v) is 8.12. The first-order valence-corrected chi connectivity index (χ1v) is 10.0. The molecule has 0 aromatic heterocycles. The smallest absolute Gasteiger partial charge is 0.245 e. The summed E-state index contributed by atoms with van der Waals surface area (Å²) in [6.07, 6.45) is 4.91. The van der Waals surface area contributed by atoms with Gasteiger partial charge < -0.3 is 0 Å². The molecule has 1 saturated heterocycles. The Hall–Kier alpha value is -1.20. The van der Waals surface area contributed by atoms with Crippen LogP contribution in [0.5, 0.6) is 0 Å². The lowest BCUT2D eigenvalue weighted by atomic mass is 10.2. The zero-order valence-corrected chi connectivity index (χ0v) is 16.9. The summed E-state index contributed by atoms with van der Waals surface area (Å²) < 4.78 is 0. The lowest BCUT2D eigenvalue weighted by Gasteiger charge is -2.32. The van der Waals surface area contributed by atoms with Gasteiger partial charge in [-0.25, -0.2) is 0 Å². The van der Waals surface area contributed by atoms with Crippen LogP contribution in [0.25, 0.3) is 0 Å². The molecule has 0 atom stereocenters. The van der Waals surface area contributed by atoms with E-state index in [4.69, 9.17) is 11.6 Å². The van der Waals surface area contributed by atoms with Gasteiger partial charge in [-0.2, -0.15) is 0 Å². The van der Waals surface area contributed by atoms with Gasteiger partial charge in [-0.15, -0.1) is 12.4 Å². The summed E-state index contributed by atoms with van der Waals surface area (Å²) in [6.45, 7) is 2.49. The fourth-order valence-corrected chi connectivity index (χ4v) is 4.76. The maximum absolute atomic E-state index is 13.2. The van der Waals surface area contributed by atoms with Gasteiger partial charge in [-0.3, -0.25) is 14.6 Å².